The van der Waals surface area contributed by atoms with E-state index in [-0.39, 0.29) is 25.7 Å². The molecule has 0 aromatic rings. The molecular formula is C79H146O17P2. The van der Waals surface area contributed by atoms with Crippen molar-refractivity contribution in [2.45, 2.75) is 393 Å². The monoisotopic (exact) mass is 1430 g/mol. The number of aliphatic hydroxyl groups is 1. The fourth-order valence-electron chi connectivity index (χ4n) is 11.1. The number of carbonyl (C=O) groups excluding carboxylic acids is 4. The van der Waals surface area contributed by atoms with Crippen LogP contribution in [0.1, 0.15) is 374 Å². The van der Waals surface area contributed by atoms with Gasteiger partial charge in [0.1, 0.15) is 19.3 Å². The normalized spacial score (nSPS) is 14.2. The molecule has 0 amide bonds. The average molecular weight is 1430 g/mol. The molecule has 0 heterocycles. The zero-order valence-electron chi connectivity index (χ0n) is 62.7. The fraction of sp³-hybridized carbons (Fsp3) is 0.848. The Balaban J connectivity index is 5.33. The van der Waals surface area contributed by atoms with E-state index in [0.717, 1.165) is 167 Å². The maximum absolute atomic E-state index is 13.1. The molecule has 0 rings (SSSR count). The lowest BCUT2D eigenvalue weighted by atomic mass is 10.1. The number of esters is 4. The molecule has 574 valence electrons. The van der Waals surface area contributed by atoms with Crippen LogP contribution in [0.4, 0.5) is 0 Å². The molecule has 0 aromatic carbocycles. The maximum Gasteiger partial charge on any atom is 0.472 e. The van der Waals surface area contributed by atoms with Gasteiger partial charge in [-0.1, -0.05) is 269 Å². The van der Waals surface area contributed by atoms with Crippen molar-refractivity contribution in [3.63, 3.8) is 0 Å². The van der Waals surface area contributed by atoms with Crippen LogP contribution in [0.25, 0.3) is 0 Å². The van der Waals surface area contributed by atoms with Crippen LogP contribution in [0, 0.1) is 0 Å². The highest BCUT2D eigenvalue weighted by atomic mass is 31.2. The highest BCUT2D eigenvalue weighted by molar-refractivity contribution is 7.47. The summed E-state index contributed by atoms with van der Waals surface area (Å²) in [5.41, 5.74) is 0. The van der Waals surface area contributed by atoms with E-state index in [2.05, 4.69) is 76.3 Å². The molecule has 0 aliphatic rings. The second kappa shape index (κ2) is 72.4. The molecule has 0 aliphatic heterocycles. The lowest BCUT2D eigenvalue weighted by Gasteiger charge is -2.21. The molecular weight excluding hydrogens is 1280 g/mol. The molecule has 3 N–H and O–H groups in total. The second-order valence-electron chi connectivity index (χ2n) is 27.0. The number of carbonyl (C=O) groups is 4. The number of aliphatic hydroxyl groups excluding tert-OH is 1. The van der Waals surface area contributed by atoms with Gasteiger partial charge in [-0.25, -0.2) is 9.13 Å². The van der Waals surface area contributed by atoms with Crippen molar-refractivity contribution in [1.82, 2.24) is 0 Å². The summed E-state index contributed by atoms with van der Waals surface area (Å²) in [6.45, 7) is 4.88. The van der Waals surface area contributed by atoms with Crippen molar-refractivity contribution in [2.75, 3.05) is 39.6 Å². The molecule has 0 saturated carbocycles. The summed E-state index contributed by atoms with van der Waals surface area (Å²) in [5, 5.41) is 10.6. The second-order valence-corrected chi connectivity index (χ2v) is 29.9. The number of ether oxygens (including phenoxy) is 4. The van der Waals surface area contributed by atoms with Crippen molar-refractivity contribution in [1.29, 1.82) is 0 Å². The molecule has 0 spiro atoms. The summed E-state index contributed by atoms with van der Waals surface area (Å²) in [5.74, 6) is -2.17. The van der Waals surface area contributed by atoms with E-state index >= 15 is 0 Å². The highest BCUT2D eigenvalue weighted by Gasteiger charge is 2.30. The van der Waals surface area contributed by atoms with Gasteiger partial charge in [0.05, 0.1) is 26.4 Å². The van der Waals surface area contributed by atoms with Crippen LogP contribution in [0.2, 0.25) is 0 Å². The van der Waals surface area contributed by atoms with Crippen molar-refractivity contribution in [2.24, 2.45) is 0 Å². The van der Waals surface area contributed by atoms with Crippen LogP contribution in [0.5, 0.6) is 0 Å². The zero-order chi connectivity index (χ0) is 71.8. The number of hydrogen-bond donors (Lipinski definition) is 3. The first kappa shape index (κ1) is 95.0. The molecule has 0 bridgehead atoms. The van der Waals surface area contributed by atoms with Gasteiger partial charge in [0, 0.05) is 25.7 Å². The standard InChI is InChI=1S/C79H146O17P2/c1-5-9-13-17-21-25-29-33-36-40-44-48-52-56-60-64-77(82)90-70-75(96-79(84)66-62-58-54-50-46-42-38-35-31-27-23-19-15-11-7-3)72-94-98(87,88)92-68-73(80)67-91-97(85,86)93-71-74(69-89-76(81)63-59-55-51-47-43-39-32-28-24-20-16-12-8-4)95-78(83)65-61-57-53-49-45-41-37-34-30-26-22-18-14-10-6-2/h27-28,31-34,36-37,73-75,80H,5-26,29-30,35,38-72H2,1-4H3,(H,85,86)(H,87,88)/b31-27-,32-28-,36-33-,37-34-/t73-,74+,75+/m0/s1. The third-order valence-corrected chi connectivity index (χ3v) is 19.1. The van der Waals surface area contributed by atoms with Gasteiger partial charge in [-0.15, -0.1) is 0 Å². The quantitative estimate of drug-likeness (QED) is 0.0169. The molecule has 98 heavy (non-hydrogen) atoms. The van der Waals surface area contributed by atoms with Crippen molar-refractivity contribution in [3.8, 4) is 0 Å². The van der Waals surface area contributed by atoms with Crippen LogP contribution in [0.3, 0.4) is 0 Å². The summed E-state index contributed by atoms with van der Waals surface area (Å²) in [7, 11) is -9.94. The largest absolute Gasteiger partial charge is 0.472 e. The van der Waals surface area contributed by atoms with Crippen LogP contribution in [0.15, 0.2) is 48.6 Å². The SMILES string of the molecule is CCCCCC/C=C\CCCCCCCCCC(=O)O[C@H](COC(=O)CCCCCCC/C=C\CCCCCCCC)COP(=O)(O)OC[C@@H](O)COP(=O)(O)OC[C@@H](COC(=O)CCCCCCC/C=C\CCCCCC)OC(=O)CCCCCCC/C=C\CCCCCCCC. The maximum atomic E-state index is 13.1. The summed E-state index contributed by atoms with van der Waals surface area (Å²) in [6.07, 6.45) is 69.4. The Kier molecular flexibility index (Phi) is 70.2. The number of phosphoric ester groups is 2. The van der Waals surface area contributed by atoms with Crippen molar-refractivity contribution < 1.29 is 80.2 Å². The lowest BCUT2D eigenvalue weighted by Crippen LogP contribution is -2.30. The van der Waals surface area contributed by atoms with Gasteiger partial charge >= 0.3 is 39.5 Å². The first-order chi connectivity index (χ1) is 47.7. The molecule has 0 aliphatic carbocycles. The predicted octanol–water partition coefficient (Wildman–Crippen LogP) is 22.9. The van der Waals surface area contributed by atoms with Crippen LogP contribution < -0.4 is 0 Å². The number of allylic oxidation sites excluding steroid dienone is 8. The van der Waals surface area contributed by atoms with Crippen molar-refractivity contribution in [3.05, 3.63) is 48.6 Å². The van der Waals surface area contributed by atoms with Gasteiger partial charge in [0.2, 0.25) is 0 Å². The third-order valence-electron chi connectivity index (χ3n) is 17.2. The Labute approximate surface area is 597 Å². The Morgan fingerprint density at radius 2 is 0.469 bits per heavy atom. The Bertz CT molecular complexity index is 2050. The average Bonchev–Trinajstić information content (AvgIpc) is 1.04. The molecule has 17 nitrogen and oxygen atoms in total. The Morgan fingerprint density at radius 3 is 0.714 bits per heavy atom. The van der Waals surface area contributed by atoms with E-state index < -0.39 is 97.5 Å². The van der Waals surface area contributed by atoms with E-state index in [1.807, 2.05) is 0 Å². The minimum atomic E-state index is -4.97. The first-order valence-corrected chi connectivity index (χ1v) is 42.9. The van der Waals surface area contributed by atoms with Gasteiger partial charge in [-0.05, 0) is 128 Å². The smallest absolute Gasteiger partial charge is 0.462 e. The summed E-state index contributed by atoms with van der Waals surface area (Å²) < 4.78 is 68.6. The van der Waals surface area contributed by atoms with E-state index in [9.17, 15) is 43.2 Å². The predicted molar refractivity (Wildman–Crippen MR) is 400 cm³/mol. The van der Waals surface area contributed by atoms with E-state index in [0.29, 0.717) is 25.7 Å². The molecule has 0 aromatic heterocycles. The van der Waals surface area contributed by atoms with Crippen LogP contribution in [-0.2, 0) is 65.4 Å². The molecule has 2 unspecified atom stereocenters. The fourth-order valence-corrected chi connectivity index (χ4v) is 12.7. The number of unbranched alkanes of at least 4 members (excludes halogenated alkanes) is 42. The van der Waals surface area contributed by atoms with Crippen LogP contribution in [-0.4, -0.2) is 96.7 Å². The minimum Gasteiger partial charge on any atom is -0.462 e. The number of rotatable bonds is 76. The summed E-state index contributed by atoms with van der Waals surface area (Å²) >= 11 is 0. The number of hydrogen-bond acceptors (Lipinski definition) is 15. The molecule has 19 heteroatoms. The highest BCUT2D eigenvalue weighted by Crippen LogP contribution is 2.45. The molecule has 0 saturated heterocycles. The van der Waals surface area contributed by atoms with E-state index in [1.165, 1.54) is 128 Å². The summed E-state index contributed by atoms with van der Waals surface area (Å²) in [4.78, 5) is 72.9. The van der Waals surface area contributed by atoms with E-state index in [1.54, 1.807) is 0 Å². The van der Waals surface area contributed by atoms with Gasteiger partial charge in [0.25, 0.3) is 0 Å². The third kappa shape index (κ3) is 71.4. The van der Waals surface area contributed by atoms with E-state index in [4.69, 9.17) is 37.0 Å². The van der Waals surface area contributed by atoms with Crippen molar-refractivity contribution >= 4 is 39.5 Å². The van der Waals surface area contributed by atoms with Gasteiger partial charge in [-0.2, -0.15) is 0 Å². The van der Waals surface area contributed by atoms with Gasteiger partial charge in [0.15, 0.2) is 12.2 Å². The van der Waals surface area contributed by atoms with Gasteiger partial charge < -0.3 is 33.8 Å². The van der Waals surface area contributed by atoms with Gasteiger partial charge in [-0.3, -0.25) is 37.3 Å². The number of phosphoric acid groups is 2. The Hall–Kier alpha value is -2.98. The lowest BCUT2D eigenvalue weighted by molar-refractivity contribution is -0.161. The van der Waals surface area contributed by atoms with Crippen LogP contribution >= 0.6 is 15.6 Å². The topological polar surface area (TPSA) is 237 Å². The minimum absolute atomic E-state index is 0.0884. The molecule has 5 atom stereocenters. The summed E-state index contributed by atoms with van der Waals surface area (Å²) in [6, 6.07) is 0. The Morgan fingerprint density at radius 1 is 0.276 bits per heavy atom. The zero-order valence-corrected chi connectivity index (χ0v) is 64.5. The molecule has 0 radical (unpaired) electrons. The first-order valence-electron chi connectivity index (χ1n) is 39.9. The molecule has 0 fully saturated rings.